The van der Waals surface area contributed by atoms with Crippen LogP contribution in [0.3, 0.4) is 0 Å². The first-order chi connectivity index (χ1) is 15.0. The van der Waals surface area contributed by atoms with Crippen molar-refractivity contribution in [3.63, 3.8) is 0 Å². The van der Waals surface area contributed by atoms with Crippen molar-refractivity contribution in [3.8, 4) is 5.88 Å². The summed E-state index contributed by atoms with van der Waals surface area (Å²) in [4.78, 5) is 25.6. The maximum atomic E-state index is 13.4. The average Bonchev–Trinajstić information content (AvgIpc) is 3.36. The summed E-state index contributed by atoms with van der Waals surface area (Å²) in [7, 11) is 0. The number of aryl methyl sites for hydroxylation is 1. The molecule has 4 aromatic rings. The van der Waals surface area contributed by atoms with Crippen LogP contribution >= 0.6 is 0 Å². The molecule has 0 unspecified atom stereocenters. The molecule has 0 amide bonds. The van der Waals surface area contributed by atoms with E-state index in [4.69, 9.17) is 4.99 Å². The summed E-state index contributed by atoms with van der Waals surface area (Å²) in [5.41, 5.74) is 2.73. The largest absolute Gasteiger partial charge is 0.493 e. The van der Waals surface area contributed by atoms with Crippen LogP contribution in [0.4, 0.5) is 10.2 Å². The molecule has 0 saturated heterocycles. The number of hydrogen-bond donors (Lipinski definition) is 4. The van der Waals surface area contributed by atoms with Gasteiger partial charge in [-0.15, -0.1) is 0 Å². The van der Waals surface area contributed by atoms with E-state index in [9.17, 15) is 14.3 Å². The second kappa shape index (κ2) is 7.38. The highest BCUT2D eigenvalue weighted by Crippen LogP contribution is 2.22. The highest BCUT2D eigenvalue weighted by atomic mass is 19.1. The molecule has 1 aromatic carbocycles. The van der Waals surface area contributed by atoms with Gasteiger partial charge in [0.25, 0.3) is 0 Å². The Hall–Kier alpha value is -3.95. The van der Waals surface area contributed by atoms with Gasteiger partial charge in [-0.1, -0.05) is 6.07 Å². The van der Waals surface area contributed by atoms with Crippen molar-refractivity contribution in [2.75, 3.05) is 5.32 Å². The highest BCUT2D eigenvalue weighted by Gasteiger charge is 2.20. The standard InChI is InChI=1S/C21H20FN7O2/c1-11-6-14(22)3-2-12(11)9-23-17-8-18(25-15-4-5-15)29-19(27-17)13(10-24-29)7-16-20(30)28-21(31)26-16/h2-3,6-8,10,15,23,30H,4-5,9H2,1H3,(H2,26,28,31). The van der Waals surface area contributed by atoms with Crippen molar-refractivity contribution >= 4 is 17.5 Å². The van der Waals surface area contributed by atoms with Gasteiger partial charge < -0.3 is 15.4 Å². The maximum Gasteiger partial charge on any atom is 0.326 e. The first-order valence-corrected chi connectivity index (χ1v) is 9.91. The van der Waals surface area contributed by atoms with Crippen molar-refractivity contribution in [2.45, 2.75) is 32.4 Å². The van der Waals surface area contributed by atoms with Crippen LogP contribution in [0.15, 0.2) is 40.2 Å². The van der Waals surface area contributed by atoms with Gasteiger partial charge in [-0.3, -0.25) is 9.98 Å². The van der Waals surface area contributed by atoms with Gasteiger partial charge in [0.1, 0.15) is 17.3 Å². The van der Waals surface area contributed by atoms with Gasteiger partial charge in [0.15, 0.2) is 11.1 Å². The number of nitrogens with zero attached hydrogens (tertiary/aromatic N) is 4. The lowest BCUT2D eigenvalue weighted by Gasteiger charge is -2.09. The lowest BCUT2D eigenvalue weighted by atomic mass is 10.1. The Morgan fingerprint density at radius 1 is 1.35 bits per heavy atom. The lowest BCUT2D eigenvalue weighted by molar-refractivity contribution is 0.454. The van der Waals surface area contributed by atoms with Crippen LogP contribution < -0.4 is 21.7 Å². The quantitative estimate of drug-likeness (QED) is 0.385. The number of aromatic amines is 2. The third-order valence-corrected chi connectivity index (χ3v) is 5.14. The van der Waals surface area contributed by atoms with Crippen LogP contribution in [0, 0.1) is 12.7 Å². The Bertz CT molecular complexity index is 1460. The Balaban J connectivity index is 1.58. The first-order valence-electron chi connectivity index (χ1n) is 9.91. The third kappa shape index (κ3) is 3.91. The first kappa shape index (κ1) is 19.0. The molecule has 158 valence electrons. The number of anilines is 1. The molecule has 4 N–H and O–H groups in total. The summed E-state index contributed by atoms with van der Waals surface area (Å²) < 4.78 is 15.0. The molecule has 1 fully saturated rings. The SMILES string of the molecule is Cc1cc(F)ccc1CNc1cc(=NC2CC2)n2ncc(=Cc3[nH]c(=O)[nH]c3O)c2n1. The van der Waals surface area contributed by atoms with E-state index < -0.39 is 5.69 Å². The monoisotopic (exact) mass is 421 g/mol. The molecule has 0 aliphatic heterocycles. The summed E-state index contributed by atoms with van der Waals surface area (Å²) in [6, 6.07) is 6.78. The molecule has 0 spiro atoms. The van der Waals surface area contributed by atoms with E-state index in [0.29, 0.717) is 28.7 Å². The second-order valence-electron chi connectivity index (χ2n) is 7.61. The minimum absolute atomic E-state index is 0.239. The van der Waals surface area contributed by atoms with E-state index in [-0.39, 0.29) is 23.4 Å². The van der Waals surface area contributed by atoms with Gasteiger partial charge >= 0.3 is 5.69 Å². The van der Waals surface area contributed by atoms with Crippen molar-refractivity contribution in [3.05, 3.63) is 74.3 Å². The molecule has 5 rings (SSSR count). The summed E-state index contributed by atoms with van der Waals surface area (Å²) in [6.45, 7) is 2.33. The van der Waals surface area contributed by atoms with Crippen molar-refractivity contribution < 1.29 is 9.50 Å². The van der Waals surface area contributed by atoms with E-state index in [1.54, 1.807) is 22.9 Å². The van der Waals surface area contributed by atoms with E-state index in [2.05, 4.69) is 25.4 Å². The molecule has 0 bridgehead atoms. The smallest absolute Gasteiger partial charge is 0.326 e. The van der Waals surface area contributed by atoms with Gasteiger partial charge in [0, 0.05) is 17.8 Å². The predicted molar refractivity (Wildman–Crippen MR) is 112 cm³/mol. The van der Waals surface area contributed by atoms with Crippen LogP contribution in [0.5, 0.6) is 5.88 Å². The molecular weight excluding hydrogens is 401 g/mol. The van der Waals surface area contributed by atoms with Crippen LogP contribution in [0.2, 0.25) is 0 Å². The zero-order chi connectivity index (χ0) is 21.5. The van der Waals surface area contributed by atoms with Gasteiger partial charge in [0.2, 0.25) is 5.88 Å². The summed E-state index contributed by atoms with van der Waals surface area (Å²) in [6.07, 6.45) is 5.28. The number of fused-ring (bicyclic) bond motifs is 1. The van der Waals surface area contributed by atoms with E-state index in [0.717, 1.165) is 24.0 Å². The number of H-pyrrole nitrogens is 2. The fourth-order valence-electron chi connectivity index (χ4n) is 3.33. The Labute approximate surface area is 175 Å². The third-order valence-electron chi connectivity index (χ3n) is 5.14. The molecule has 0 atom stereocenters. The summed E-state index contributed by atoms with van der Waals surface area (Å²) in [5, 5.41) is 18.2. The molecule has 31 heavy (non-hydrogen) atoms. The average molecular weight is 421 g/mol. The van der Waals surface area contributed by atoms with E-state index >= 15 is 0 Å². The molecule has 10 heteroatoms. The van der Waals surface area contributed by atoms with Crippen LogP contribution in [-0.2, 0) is 6.54 Å². The Kier molecular flexibility index (Phi) is 4.54. The number of nitrogens with one attached hydrogen (secondary N) is 3. The van der Waals surface area contributed by atoms with Crippen molar-refractivity contribution in [2.24, 2.45) is 4.99 Å². The highest BCUT2D eigenvalue weighted by molar-refractivity contribution is 5.58. The van der Waals surface area contributed by atoms with Gasteiger partial charge in [-0.05, 0) is 49.1 Å². The van der Waals surface area contributed by atoms with Gasteiger partial charge in [-0.2, -0.15) is 9.61 Å². The molecule has 1 saturated carbocycles. The van der Waals surface area contributed by atoms with Crippen LogP contribution in [-0.4, -0.2) is 35.7 Å². The van der Waals surface area contributed by atoms with Crippen LogP contribution in [0.1, 0.15) is 29.7 Å². The predicted octanol–water partition coefficient (Wildman–Crippen LogP) is 1.12. The second-order valence-corrected chi connectivity index (χ2v) is 7.61. The number of halogens is 1. The normalized spacial score (nSPS) is 15.2. The zero-order valence-electron chi connectivity index (χ0n) is 16.7. The Morgan fingerprint density at radius 3 is 2.90 bits per heavy atom. The van der Waals surface area contributed by atoms with Crippen molar-refractivity contribution in [1.29, 1.82) is 0 Å². The van der Waals surface area contributed by atoms with Gasteiger partial charge in [0.05, 0.1) is 12.2 Å². The number of rotatable bonds is 5. The number of benzene rings is 1. The van der Waals surface area contributed by atoms with Gasteiger partial charge in [-0.25, -0.2) is 14.2 Å². The fourth-order valence-corrected chi connectivity index (χ4v) is 3.33. The molecule has 9 nitrogen and oxygen atoms in total. The minimum atomic E-state index is -0.505. The number of hydrogen-bond acceptors (Lipinski definition) is 6. The molecule has 3 aromatic heterocycles. The minimum Gasteiger partial charge on any atom is -0.493 e. The lowest BCUT2D eigenvalue weighted by Crippen LogP contribution is -2.20. The van der Waals surface area contributed by atoms with Crippen LogP contribution in [0.25, 0.3) is 11.7 Å². The van der Waals surface area contributed by atoms with E-state index in [1.165, 1.54) is 12.1 Å². The molecule has 0 radical (unpaired) electrons. The maximum absolute atomic E-state index is 13.4. The summed E-state index contributed by atoms with van der Waals surface area (Å²) >= 11 is 0. The Morgan fingerprint density at radius 2 is 2.19 bits per heavy atom. The topological polar surface area (TPSA) is 123 Å². The fraction of sp³-hybridized carbons (Fsp3) is 0.238. The van der Waals surface area contributed by atoms with E-state index in [1.807, 2.05) is 13.0 Å². The molecule has 1 aliphatic carbocycles. The molecule has 1 aliphatic rings. The number of aromatic hydroxyl groups is 1. The van der Waals surface area contributed by atoms with Crippen molar-refractivity contribution in [1.82, 2.24) is 24.6 Å². The zero-order valence-corrected chi connectivity index (χ0v) is 16.7. The number of aromatic nitrogens is 5. The summed E-state index contributed by atoms with van der Waals surface area (Å²) in [5.74, 6) is 0.0719. The number of imidazole rings is 1. The molecular formula is C21H20FN7O2. The molecule has 3 heterocycles.